The van der Waals surface area contributed by atoms with Crippen LogP contribution in [0.5, 0.6) is 0 Å². The van der Waals surface area contributed by atoms with Crippen LogP contribution in [-0.4, -0.2) is 10.4 Å². The second-order valence-corrected chi connectivity index (χ2v) is 6.00. The SMILES string of the molecule is CCCCCCCC(O)(P)Cc1ccccc1. The molecule has 0 heterocycles. The molecule has 0 spiro atoms. The van der Waals surface area contributed by atoms with Gasteiger partial charge in [-0.1, -0.05) is 69.4 Å². The normalized spacial score (nSPS) is 14.5. The fourth-order valence-electron chi connectivity index (χ4n) is 2.07. The molecule has 0 aliphatic rings. The van der Waals surface area contributed by atoms with Gasteiger partial charge in [0.05, 0.1) is 5.34 Å². The van der Waals surface area contributed by atoms with Gasteiger partial charge >= 0.3 is 0 Å². The molecule has 2 heteroatoms. The lowest BCUT2D eigenvalue weighted by Crippen LogP contribution is -2.22. The van der Waals surface area contributed by atoms with E-state index in [0.717, 1.165) is 19.3 Å². The minimum Gasteiger partial charge on any atom is -0.386 e. The summed E-state index contributed by atoms with van der Waals surface area (Å²) in [6.45, 7) is 2.22. The molecule has 1 rings (SSSR count). The molecule has 0 amide bonds. The van der Waals surface area contributed by atoms with Crippen LogP contribution in [0.1, 0.15) is 51.0 Å². The van der Waals surface area contributed by atoms with Gasteiger partial charge in [0, 0.05) is 6.42 Å². The van der Waals surface area contributed by atoms with Crippen molar-refractivity contribution in [1.29, 1.82) is 0 Å². The summed E-state index contributed by atoms with van der Waals surface area (Å²) < 4.78 is 0. The summed E-state index contributed by atoms with van der Waals surface area (Å²) in [5.41, 5.74) is 1.21. The van der Waals surface area contributed by atoms with Crippen LogP contribution < -0.4 is 0 Å². The van der Waals surface area contributed by atoms with Crippen molar-refractivity contribution < 1.29 is 5.11 Å². The Bertz CT molecular complexity index is 295. The van der Waals surface area contributed by atoms with Gasteiger partial charge < -0.3 is 5.11 Å². The number of unbranched alkanes of at least 4 members (excludes halogenated alkanes) is 4. The summed E-state index contributed by atoms with van der Waals surface area (Å²) in [6.07, 6.45) is 7.83. The van der Waals surface area contributed by atoms with Crippen molar-refractivity contribution >= 4 is 9.24 Å². The summed E-state index contributed by atoms with van der Waals surface area (Å²) in [5, 5.41) is 9.66. The molecule has 0 bridgehead atoms. The predicted molar refractivity (Wildman–Crippen MR) is 78.2 cm³/mol. The monoisotopic (exact) mass is 252 g/mol. The fraction of sp³-hybridized carbons (Fsp3) is 0.600. The van der Waals surface area contributed by atoms with E-state index in [2.05, 4.69) is 28.3 Å². The van der Waals surface area contributed by atoms with Gasteiger partial charge in [0.2, 0.25) is 0 Å². The second-order valence-electron chi connectivity index (χ2n) is 4.93. The average molecular weight is 252 g/mol. The number of aliphatic hydroxyl groups is 1. The number of rotatable bonds is 8. The topological polar surface area (TPSA) is 20.2 Å². The third-order valence-corrected chi connectivity index (χ3v) is 3.56. The van der Waals surface area contributed by atoms with E-state index >= 15 is 0 Å². The smallest absolute Gasteiger partial charge is 0.0818 e. The van der Waals surface area contributed by atoms with Gasteiger partial charge in [0.25, 0.3) is 0 Å². The first-order chi connectivity index (χ1) is 8.14. The van der Waals surface area contributed by atoms with Crippen LogP contribution in [0, 0.1) is 0 Å². The largest absolute Gasteiger partial charge is 0.386 e. The first-order valence-corrected chi connectivity index (χ1v) is 7.27. The Morgan fingerprint density at radius 3 is 2.35 bits per heavy atom. The zero-order chi connectivity index (χ0) is 12.6. The maximum atomic E-state index is 10.3. The van der Waals surface area contributed by atoms with Crippen molar-refractivity contribution in [3.05, 3.63) is 35.9 Å². The fourth-order valence-corrected chi connectivity index (χ4v) is 2.51. The second kappa shape index (κ2) is 7.84. The quantitative estimate of drug-likeness (QED) is 0.544. The Balaban J connectivity index is 2.26. The summed E-state index contributed by atoms with van der Waals surface area (Å²) in [5.74, 6) is 0. The molecule has 0 radical (unpaired) electrons. The van der Waals surface area contributed by atoms with Gasteiger partial charge in [-0.25, -0.2) is 0 Å². The van der Waals surface area contributed by atoms with Crippen molar-refractivity contribution in [2.45, 2.75) is 57.2 Å². The Hall–Kier alpha value is -0.390. The minimum absolute atomic E-state index is 0.631. The molecule has 1 nitrogen and oxygen atoms in total. The molecule has 96 valence electrons. The van der Waals surface area contributed by atoms with Crippen LogP contribution in [0.3, 0.4) is 0 Å². The predicted octanol–water partition coefficient (Wildman–Crippen LogP) is 4.15. The molecular formula is C15H25OP. The highest BCUT2D eigenvalue weighted by Crippen LogP contribution is 2.27. The van der Waals surface area contributed by atoms with E-state index in [-0.39, 0.29) is 0 Å². The summed E-state index contributed by atoms with van der Waals surface area (Å²) in [6, 6.07) is 10.2. The third kappa shape index (κ3) is 6.81. The summed E-state index contributed by atoms with van der Waals surface area (Å²) >= 11 is 0. The van der Waals surface area contributed by atoms with E-state index in [9.17, 15) is 5.11 Å². The number of hydrogen-bond donors (Lipinski definition) is 1. The molecule has 2 atom stereocenters. The van der Waals surface area contributed by atoms with Gasteiger partial charge in [-0.2, -0.15) is 0 Å². The van der Waals surface area contributed by atoms with E-state index in [0.29, 0.717) is 0 Å². The maximum Gasteiger partial charge on any atom is 0.0818 e. The van der Waals surface area contributed by atoms with Crippen molar-refractivity contribution in [3.63, 3.8) is 0 Å². The average Bonchev–Trinajstić information content (AvgIpc) is 2.29. The molecule has 2 unspecified atom stereocenters. The molecule has 1 N–H and O–H groups in total. The molecule has 0 fully saturated rings. The Kier molecular flexibility index (Phi) is 6.77. The minimum atomic E-state index is -0.631. The molecule has 0 aliphatic heterocycles. The van der Waals surface area contributed by atoms with Gasteiger partial charge in [0.1, 0.15) is 0 Å². The van der Waals surface area contributed by atoms with Crippen molar-refractivity contribution in [2.75, 3.05) is 0 Å². The van der Waals surface area contributed by atoms with Crippen molar-refractivity contribution in [1.82, 2.24) is 0 Å². The molecule has 0 saturated heterocycles. The van der Waals surface area contributed by atoms with Gasteiger partial charge in [-0.05, 0) is 12.0 Å². The standard InChI is InChI=1S/C15H25OP/c1-2-3-4-5-9-12-15(16,17)13-14-10-7-6-8-11-14/h6-8,10-11,16H,2-5,9,12-13,17H2,1H3. The highest BCUT2D eigenvalue weighted by atomic mass is 31.0. The van der Waals surface area contributed by atoms with Gasteiger partial charge in [0.15, 0.2) is 0 Å². The first kappa shape index (κ1) is 14.7. The van der Waals surface area contributed by atoms with E-state index in [1.807, 2.05) is 18.2 Å². The van der Waals surface area contributed by atoms with E-state index in [1.54, 1.807) is 0 Å². The van der Waals surface area contributed by atoms with E-state index in [1.165, 1.54) is 31.2 Å². The Morgan fingerprint density at radius 1 is 1.06 bits per heavy atom. The van der Waals surface area contributed by atoms with Crippen molar-refractivity contribution in [3.8, 4) is 0 Å². The third-order valence-electron chi connectivity index (χ3n) is 3.07. The lowest BCUT2D eigenvalue weighted by Gasteiger charge is -2.23. The number of benzene rings is 1. The summed E-state index contributed by atoms with van der Waals surface area (Å²) in [4.78, 5) is 0. The molecule has 0 saturated carbocycles. The van der Waals surface area contributed by atoms with Crippen LogP contribution in [0.15, 0.2) is 30.3 Å². The van der Waals surface area contributed by atoms with Crippen LogP contribution in [0.25, 0.3) is 0 Å². The zero-order valence-electron chi connectivity index (χ0n) is 10.9. The highest BCUT2D eigenvalue weighted by Gasteiger charge is 2.20. The molecule has 17 heavy (non-hydrogen) atoms. The van der Waals surface area contributed by atoms with Gasteiger partial charge in [-0.15, -0.1) is 9.24 Å². The molecular weight excluding hydrogens is 227 g/mol. The van der Waals surface area contributed by atoms with Crippen LogP contribution >= 0.6 is 9.24 Å². The van der Waals surface area contributed by atoms with E-state index < -0.39 is 5.34 Å². The molecule has 0 aromatic heterocycles. The van der Waals surface area contributed by atoms with Crippen LogP contribution in [0.4, 0.5) is 0 Å². The lowest BCUT2D eigenvalue weighted by atomic mass is 10.0. The molecule has 1 aromatic carbocycles. The Morgan fingerprint density at radius 2 is 1.71 bits per heavy atom. The lowest BCUT2D eigenvalue weighted by molar-refractivity contribution is 0.123. The molecule has 1 aromatic rings. The van der Waals surface area contributed by atoms with Gasteiger partial charge in [-0.3, -0.25) is 0 Å². The van der Waals surface area contributed by atoms with Crippen LogP contribution in [-0.2, 0) is 6.42 Å². The molecule has 0 aliphatic carbocycles. The number of hydrogen-bond acceptors (Lipinski definition) is 1. The first-order valence-electron chi connectivity index (χ1n) is 6.69. The van der Waals surface area contributed by atoms with Crippen LogP contribution in [0.2, 0.25) is 0 Å². The maximum absolute atomic E-state index is 10.3. The highest BCUT2D eigenvalue weighted by molar-refractivity contribution is 7.18. The van der Waals surface area contributed by atoms with E-state index in [4.69, 9.17) is 0 Å². The summed E-state index contributed by atoms with van der Waals surface area (Å²) in [7, 11) is 2.62. The zero-order valence-corrected chi connectivity index (χ0v) is 12.0. The van der Waals surface area contributed by atoms with Crippen molar-refractivity contribution in [2.24, 2.45) is 0 Å². The Labute approximate surface area is 108 Å².